The fraction of sp³-hybridized carbons (Fsp3) is 0.533. The number of benzene rings is 1. The first-order chi connectivity index (χ1) is 10.5. The van der Waals surface area contributed by atoms with Gasteiger partial charge in [0.15, 0.2) is 0 Å². The van der Waals surface area contributed by atoms with Crippen molar-refractivity contribution >= 4 is 21.6 Å². The van der Waals surface area contributed by atoms with Gasteiger partial charge >= 0.3 is 0 Å². The van der Waals surface area contributed by atoms with Crippen LogP contribution in [0.4, 0.5) is 5.69 Å². The number of likely N-dealkylation sites (N-methyl/N-ethyl adjacent to an activating group) is 1. The molecule has 0 aliphatic carbocycles. The topological polar surface area (TPSA) is 75.7 Å². The van der Waals surface area contributed by atoms with Crippen molar-refractivity contribution in [3.63, 3.8) is 0 Å². The number of hydrogen-bond acceptors (Lipinski definition) is 4. The zero-order valence-corrected chi connectivity index (χ0v) is 13.4. The number of sulfonamides is 1. The van der Waals surface area contributed by atoms with Gasteiger partial charge in [-0.25, -0.2) is 13.1 Å². The van der Waals surface area contributed by atoms with Gasteiger partial charge in [0.05, 0.1) is 17.4 Å². The van der Waals surface area contributed by atoms with E-state index in [9.17, 15) is 13.2 Å². The first-order valence-corrected chi connectivity index (χ1v) is 8.96. The minimum Gasteiger partial charge on any atom is -0.378 e. The Labute approximate surface area is 130 Å². The molecule has 1 atom stereocenters. The average molecular weight is 324 g/mol. The highest BCUT2D eigenvalue weighted by atomic mass is 32.2. The highest BCUT2D eigenvalue weighted by Gasteiger charge is 2.26. The summed E-state index contributed by atoms with van der Waals surface area (Å²) in [5.74, 6) is -0.0177. The maximum absolute atomic E-state index is 12.3. The Kier molecular flexibility index (Phi) is 4.20. The number of amides is 1. The molecular weight excluding hydrogens is 304 g/mol. The van der Waals surface area contributed by atoms with Crippen molar-refractivity contribution in [3.05, 3.63) is 23.8 Å². The number of nitrogens with zero attached hydrogens (tertiary/aromatic N) is 1. The van der Waals surface area contributed by atoms with Crippen LogP contribution in [0.25, 0.3) is 0 Å². The minimum atomic E-state index is -3.54. The standard InChI is InChI=1S/C15H20N2O4S/c1-17-14-5-4-13(9-11(14)10-15(17)18)22(19,20)16-7-6-12-3-2-8-21-12/h4-5,9,12,16H,2-3,6-8,10H2,1H3. The van der Waals surface area contributed by atoms with Crippen LogP contribution in [-0.2, 0) is 26.0 Å². The second-order valence-electron chi connectivity index (χ2n) is 5.74. The fourth-order valence-electron chi connectivity index (χ4n) is 2.92. The fourth-order valence-corrected chi connectivity index (χ4v) is 4.02. The van der Waals surface area contributed by atoms with E-state index >= 15 is 0 Å². The summed E-state index contributed by atoms with van der Waals surface area (Å²) in [7, 11) is -1.85. The van der Waals surface area contributed by atoms with E-state index in [1.165, 1.54) is 0 Å². The zero-order valence-electron chi connectivity index (χ0n) is 12.5. The third kappa shape index (κ3) is 3.02. The Bertz CT molecular complexity index is 681. The van der Waals surface area contributed by atoms with Crippen LogP contribution in [0.1, 0.15) is 24.8 Å². The predicted octanol–water partition coefficient (Wildman–Crippen LogP) is 1.05. The average Bonchev–Trinajstić information content (AvgIpc) is 3.08. The maximum atomic E-state index is 12.3. The van der Waals surface area contributed by atoms with Crippen molar-refractivity contribution in [1.29, 1.82) is 0 Å². The molecule has 2 aliphatic rings. The molecule has 1 amide bonds. The molecular formula is C15H20N2O4S. The third-order valence-corrected chi connectivity index (χ3v) is 5.68. The molecule has 3 rings (SSSR count). The van der Waals surface area contributed by atoms with Crippen LogP contribution in [0.15, 0.2) is 23.1 Å². The number of carbonyl (C=O) groups excluding carboxylic acids is 1. The van der Waals surface area contributed by atoms with Gasteiger partial charge in [-0.1, -0.05) is 0 Å². The summed E-state index contributed by atoms with van der Waals surface area (Å²) in [6.07, 6.45) is 3.14. The number of rotatable bonds is 5. The van der Waals surface area contributed by atoms with E-state index in [-0.39, 0.29) is 23.3 Å². The monoisotopic (exact) mass is 324 g/mol. The summed E-state index contributed by atoms with van der Waals surface area (Å²) in [6, 6.07) is 4.82. The summed E-state index contributed by atoms with van der Waals surface area (Å²) >= 11 is 0. The molecule has 1 unspecified atom stereocenters. The molecule has 2 aliphatic heterocycles. The molecule has 0 saturated carbocycles. The van der Waals surface area contributed by atoms with Crippen LogP contribution in [0.5, 0.6) is 0 Å². The molecule has 7 heteroatoms. The molecule has 2 heterocycles. The molecule has 1 aromatic rings. The van der Waals surface area contributed by atoms with E-state index in [1.54, 1.807) is 30.1 Å². The summed E-state index contributed by atoms with van der Waals surface area (Å²) in [6.45, 7) is 1.13. The van der Waals surface area contributed by atoms with Crippen LogP contribution < -0.4 is 9.62 Å². The largest absolute Gasteiger partial charge is 0.378 e. The summed E-state index contributed by atoms with van der Waals surface area (Å²) in [5.41, 5.74) is 1.54. The van der Waals surface area contributed by atoms with Gasteiger partial charge < -0.3 is 9.64 Å². The van der Waals surface area contributed by atoms with Crippen molar-refractivity contribution in [2.45, 2.75) is 36.7 Å². The van der Waals surface area contributed by atoms with Crippen LogP contribution in [-0.4, -0.2) is 40.6 Å². The SMILES string of the molecule is CN1C(=O)Cc2cc(S(=O)(=O)NCCC3CCCO3)ccc21. The second kappa shape index (κ2) is 5.98. The van der Waals surface area contributed by atoms with E-state index in [0.717, 1.165) is 30.7 Å². The van der Waals surface area contributed by atoms with Gasteiger partial charge in [0.25, 0.3) is 0 Å². The van der Waals surface area contributed by atoms with Crippen LogP contribution >= 0.6 is 0 Å². The maximum Gasteiger partial charge on any atom is 0.240 e. The van der Waals surface area contributed by atoms with Gasteiger partial charge in [-0.05, 0) is 43.0 Å². The van der Waals surface area contributed by atoms with Crippen LogP contribution in [0.3, 0.4) is 0 Å². The number of nitrogens with one attached hydrogen (secondary N) is 1. The molecule has 0 radical (unpaired) electrons. The normalized spacial score (nSPS) is 21.4. The van der Waals surface area contributed by atoms with Gasteiger partial charge in [-0.15, -0.1) is 0 Å². The molecule has 0 bridgehead atoms. The molecule has 1 fully saturated rings. The van der Waals surface area contributed by atoms with Crippen LogP contribution in [0.2, 0.25) is 0 Å². The first-order valence-electron chi connectivity index (χ1n) is 7.48. The minimum absolute atomic E-state index is 0.0177. The number of fused-ring (bicyclic) bond motifs is 1. The van der Waals surface area contributed by atoms with Gasteiger partial charge in [0.2, 0.25) is 15.9 Å². The van der Waals surface area contributed by atoms with Crippen molar-refractivity contribution in [2.24, 2.45) is 0 Å². The molecule has 1 N–H and O–H groups in total. The lowest BCUT2D eigenvalue weighted by molar-refractivity contribution is -0.117. The van der Waals surface area contributed by atoms with E-state index in [1.807, 2.05) is 0 Å². The zero-order chi connectivity index (χ0) is 15.7. The Balaban J connectivity index is 1.67. The number of ether oxygens (including phenoxy) is 1. The molecule has 1 saturated heterocycles. The van der Waals surface area contributed by atoms with Crippen LogP contribution in [0, 0.1) is 0 Å². The molecule has 1 aromatic carbocycles. The summed E-state index contributed by atoms with van der Waals surface area (Å²) < 4.78 is 32.7. The van der Waals surface area contributed by atoms with Gasteiger partial charge in [-0.2, -0.15) is 0 Å². The highest BCUT2D eigenvalue weighted by Crippen LogP contribution is 2.29. The third-order valence-electron chi connectivity index (χ3n) is 4.22. The van der Waals surface area contributed by atoms with E-state index in [0.29, 0.717) is 13.0 Å². The van der Waals surface area contributed by atoms with Gasteiger partial charge in [0.1, 0.15) is 0 Å². The van der Waals surface area contributed by atoms with E-state index in [2.05, 4.69) is 4.72 Å². The number of hydrogen-bond donors (Lipinski definition) is 1. The van der Waals surface area contributed by atoms with Gasteiger partial charge in [-0.3, -0.25) is 4.79 Å². The quantitative estimate of drug-likeness (QED) is 0.878. The van der Waals surface area contributed by atoms with Gasteiger partial charge in [0, 0.05) is 25.9 Å². The highest BCUT2D eigenvalue weighted by molar-refractivity contribution is 7.89. The molecule has 0 spiro atoms. The Hall–Kier alpha value is -1.44. The summed E-state index contributed by atoms with van der Waals surface area (Å²) in [5, 5.41) is 0. The predicted molar refractivity (Wildman–Crippen MR) is 82.3 cm³/mol. The molecule has 6 nitrogen and oxygen atoms in total. The van der Waals surface area contributed by atoms with E-state index in [4.69, 9.17) is 4.74 Å². The summed E-state index contributed by atoms with van der Waals surface area (Å²) in [4.78, 5) is 13.4. The molecule has 120 valence electrons. The lowest BCUT2D eigenvalue weighted by atomic mass is 10.2. The van der Waals surface area contributed by atoms with Crippen molar-refractivity contribution in [1.82, 2.24) is 4.72 Å². The number of anilines is 1. The lowest BCUT2D eigenvalue weighted by Crippen LogP contribution is -2.27. The van der Waals surface area contributed by atoms with Crippen molar-refractivity contribution in [2.75, 3.05) is 25.1 Å². The molecule has 22 heavy (non-hydrogen) atoms. The van der Waals surface area contributed by atoms with Crippen molar-refractivity contribution in [3.8, 4) is 0 Å². The Morgan fingerprint density at radius 3 is 2.95 bits per heavy atom. The second-order valence-corrected chi connectivity index (χ2v) is 7.51. The van der Waals surface area contributed by atoms with Crippen molar-refractivity contribution < 1.29 is 17.9 Å². The smallest absolute Gasteiger partial charge is 0.240 e. The number of carbonyl (C=O) groups is 1. The lowest BCUT2D eigenvalue weighted by Gasteiger charge is -2.12. The first kappa shape index (κ1) is 15.5. The Morgan fingerprint density at radius 1 is 1.41 bits per heavy atom. The Morgan fingerprint density at radius 2 is 2.23 bits per heavy atom. The van der Waals surface area contributed by atoms with E-state index < -0.39 is 10.0 Å². The molecule has 0 aromatic heterocycles.